The van der Waals surface area contributed by atoms with E-state index in [1.807, 2.05) is 0 Å². The van der Waals surface area contributed by atoms with Crippen LogP contribution in [0.2, 0.25) is 0 Å². The average Bonchev–Trinajstić information content (AvgIpc) is 2.67. The van der Waals surface area contributed by atoms with Crippen LogP contribution >= 0.6 is 15.9 Å². The lowest BCUT2D eigenvalue weighted by atomic mass is 10.1. The number of nitriles is 1. The van der Waals surface area contributed by atoms with Crippen LogP contribution in [0, 0.1) is 17.2 Å². The van der Waals surface area contributed by atoms with Crippen molar-refractivity contribution in [3.8, 4) is 11.8 Å². The van der Waals surface area contributed by atoms with E-state index in [0.29, 0.717) is 21.6 Å². The molecule has 1 aromatic heterocycles. The van der Waals surface area contributed by atoms with Crippen molar-refractivity contribution >= 4 is 15.9 Å². The number of nitrogens with zero attached hydrogens (tertiary/aromatic N) is 2. The lowest BCUT2D eigenvalue weighted by molar-refractivity contribution is 0.626. The van der Waals surface area contributed by atoms with Crippen molar-refractivity contribution < 1.29 is 0 Å². The minimum atomic E-state index is -0.134. The van der Waals surface area contributed by atoms with E-state index in [1.165, 1.54) is 4.68 Å². The molecule has 2 rings (SSSR count). The molecule has 0 unspecified atom stereocenters. The Morgan fingerprint density at radius 2 is 2.21 bits per heavy atom. The molecular weight excluding hydrogens is 306 g/mol. The van der Waals surface area contributed by atoms with E-state index in [-0.39, 0.29) is 5.56 Å². The summed E-state index contributed by atoms with van der Waals surface area (Å²) in [6.07, 6.45) is 0.792. The van der Waals surface area contributed by atoms with Gasteiger partial charge in [-0.1, -0.05) is 19.9 Å². The summed E-state index contributed by atoms with van der Waals surface area (Å²) in [5.41, 5.74) is 1.94. The predicted octanol–water partition coefficient (Wildman–Crippen LogP) is 3.00. The van der Waals surface area contributed by atoms with Crippen LogP contribution < -0.4 is 5.56 Å². The fourth-order valence-corrected chi connectivity index (χ4v) is 2.33. The largest absolute Gasteiger partial charge is 0.294 e. The molecule has 0 atom stereocenters. The third-order valence-electron chi connectivity index (χ3n) is 2.75. The zero-order valence-corrected chi connectivity index (χ0v) is 12.4. The fourth-order valence-electron chi connectivity index (χ4n) is 1.90. The SMILES string of the molecule is CC(C)Cc1[nH]n(-c2cccc(C#N)c2)c(=O)c1Br. The first kappa shape index (κ1) is 13.6. The molecule has 1 aromatic carbocycles. The first-order chi connectivity index (χ1) is 9.02. The molecule has 0 aliphatic heterocycles. The van der Waals surface area contributed by atoms with Gasteiger partial charge in [-0.15, -0.1) is 0 Å². The number of benzene rings is 1. The molecule has 0 bridgehead atoms. The predicted molar refractivity (Wildman–Crippen MR) is 77.3 cm³/mol. The second-order valence-corrected chi connectivity index (χ2v) is 5.60. The summed E-state index contributed by atoms with van der Waals surface area (Å²) in [5.74, 6) is 0.452. The zero-order chi connectivity index (χ0) is 14.0. The molecule has 0 aliphatic carbocycles. The van der Waals surface area contributed by atoms with Crippen molar-refractivity contribution in [3.63, 3.8) is 0 Å². The average molecular weight is 320 g/mol. The number of aromatic nitrogens is 2. The number of rotatable bonds is 3. The molecule has 0 aliphatic rings. The van der Waals surface area contributed by atoms with Gasteiger partial charge in [-0.25, -0.2) is 4.68 Å². The normalized spacial score (nSPS) is 10.7. The van der Waals surface area contributed by atoms with Crippen LogP contribution in [0.15, 0.2) is 33.5 Å². The van der Waals surface area contributed by atoms with Gasteiger partial charge in [0.15, 0.2) is 0 Å². The molecule has 19 heavy (non-hydrogen) atoms. The molecule has 1 heterocycles. The number of hydrogen-bond donors (Lipinski definition) is 1. The van der Waals surface area contributed by atoms with Crippen LogP contribution in [-0.4, -0.2) is 9.78 Å². The van der Waals surface area contributed by atoms with Gasteiger partial charge in [0.2, 0.25) is 0 Å². The van der Waals surface area contributed by atoms with Crippen molar-refractivity contribution in [2.75, 3.05) is 0 Å². The van der Waals surface area contributed by atoms with Gasteiger partial charge in [0, 0.05) is 0 Å². The van der Waals surface area contributed by atoms with Crippen molar-refractivity contribution in [2.45, 2.75) is 20.3 Å². The van der Waals surface area contributed by atoms with Crippen LogP contribution in [0.4, 0.5) is 0 Å². The minimum Gasteiger partial charge on any atom is -0.294 e. The van der Waals surface area contributed by atoms with E-state index in [9.17, 15) is 4.79 Å². The Balaban J connectivity index is 2.51. The fraction of sp³-hybridized carbons (Fsp3) is 0.286. The first-order valence-electron chi connectivity index (χ1n) is 6.03. The summed E-state index contributed by atoms with van der Waals surface area (Å²) in [6, 6.07) is 9.02. The van der Waals surface area contributed by atoms with Gasteiger partial charge in [0.1, 0.15) is 4.47 Å². The monoisotopic (exact) mass is 319 g/mol. The number of nitrogens with one attached hydrogen (secondary N) is 1. The van der Waals surface area contributed by atoms with E-state index in [1.54, 1.807) is 24.3 Å². The smallest absolute Gasteiger partial charge is 0.285 e. The van der Waals surface area contributed by atoms with E-state index < -0.39 is 0 Å². The van der Waals surface area contributed by atoms with Crippen molar-refractivity contribution in [1.29, 1.82) is 5.26 Å². The maximum atomic E-state index is 12.2. The zero-order valence-electron chi connectivity index (χ0n) is 10.8. The molecule has 5 heteroatoms. The highest BCUT2D eigenvalue weighted by Gasteiger charge is 2.13. The number of hydrogen-bond acceptors (Lipinski definition) is 2. The summed E-state index contributed by atoms with van der Waals surface area (Å²) in [4.78, 5) is 12.2. The lowest BCUT2D eigenvalue weighted by Crippen LogP contribution is -2.14. The van der Waals surface area contributed by atoms with Gasteiger partial charge < -0.3 is 0 Å². The maximum Gasteiger partial charge on any atom is 0.285 e. The van der Waals surface area contributed by atoms with Gasteiger partial charge in [-0.2, -0.15) is 5.26 Å². The van der Waals surface area contributed by atoms with Crippen molar-refractivity contribution in [2.24, 2.45) is 5.92 Å². The Kier molecular flexibility index (Phi) is 3.91. The molecule has 4 nitrogen and oxygen atoms in total. The Hall–Kier alpha value is -1.80. The van der Waals surface area contributed by atoms with Gasteiger partial charge in [-0.3, -0.25) is 9.89 Å². The summed E-state index contributed by atoms with van der Waals surface area (Å²) < 4.78 is 2.02. The highest BCUT2D eigenvalue weighted by molar-refractivity contribution is 9.10. The summed E-state index contributed by atoms with van der Waals surface area (Å²) >= 11 is 3.33. The Labute approximate surface area is 119 Å². The molecule has 0 amide bonds. The van der Waals surface area contributed by atoms with Crippen LogP contribution in [0.25, 0.3) is 5.69 Å². The molecule has 0 fully saturated rings. The number of halogens is 1. The van der Waals surface area contributed by atoms with Crippen molar-refractivity contribution in [3.05, 3.63) is 50.3 Å². The number of aromatic amines is 1. The first-order valence-corrected chi connectivity index (χ1v) is 6.82. The molecule has 0 radical (unpaired) electrons. The van der Waals surface area contributed by atoms with E-state index in [4.69, 9.17) is 5.26 Å². The topological polar surface area (TPSA) is 61.6 Å². The van der Waals surface area contributed by atoms with Crippen LogP contribution in [0.3, 0.4) is 0 Å². The molecule has 0 saturated heterocycles. The second-order valence-electron chi connectivity index (χ2n) is 4.81. The van der Waals surface area contributed by atoms with Gasteiger partial charge in [0.25, 0.3) is 5.56 Å². The Morgan fingerprint density at radius 1 is 1.47 bits per heavy atom. The summed E-state index contributed by atoms with van der Waals surface area (Å²) in [6.45, 7) is 4.19. The summed E-state index contributed by atoms with van der Waals surface area (Å²) in [7, 11) is 0. The highest BCUT2D eigenvalue weighted by atomic mass is 79.9. The van der Waals surface area contributed by atoms with E-state index in [0.717, 1.165) is 12.1 Å². The van der Waals surface area contributed by atoms with Crippen LogP contribution in [-0.2, 0) is 6.42 Å². The molecule has 1 N–H and O–H groups in total. The third-order valence-corrected chi connectivity index (χ3v) is 3.57. The molecular formula is C14H14BrN3O. The number of H-pyrrole nitrogens is 1. The molecule has 0 spiro atoms. The molecule has 2 aromatic rings. The third kappa shape index (κ3) is 2.79. The van der Waals surface area contributed by atoms with Gasteiger partial charge >= 0.3 is 0 Å². The second kappa shape index (κ2) is 5.45. The standard InChI is InChI=1S/C14H14BrN3O/c1-9(2)6-12-13(15)14(19)18(17-12)11-5-3-4-10(7-11)8-16/h3-5,7,9,17H,6H2,1-2H3. The quantitative estimate of drug-likeness (QED) is 0.945. The maximum absolute atomic E-state index is 12.2. The van der Waals surface area contributed by atoms with E-state index in [2.05, 4.69) is 40.9 Å². The highest BCUT2D eigenvalue weighted by Crippen LogP contribution is 2.16. The Morgan fingerprint density at radius 3 is 2.84 bits per heavy atom. The van der Waals surface area contributed by atoms with E-state index >= 15 is 0 Å². The van der Waals surface area contributed by atoms with Gasteiger partial charge in [-0.05, 0) is 46.5 Å². The Bertz CT molecular complexity index is 691. The lowest BCUT2D eigenvalue weighted by Gasteiger charge is -2.04. The van der Waals surface area contributed by atoms with Crippen LogP contribution in [0.5, 0.6) is 0 Å². The van der Waals surface area contributed by atoms with Crippen molar-refractivity contribution in [1.82, 2.24) is 9.78 Å². The van der Waals surface area contributed by atoms with Gasteiger partial charge in [0.05, 0.1) is 23.0 Å². The van der Waals surface area contributed by atoms with Crippen LogP contribution in [0.1, 0.15) is 25.1 Å². The summed E-state index contributed by atoms with van der Waals surface area (Å²) in [5, 5.41) is 12.0. The molecule has 98 valence electrons. The minimum absolute atomic E-state index is 0.134. The molecule has 0 saturated carbocycles.